The molecule has 0 amide bonds. The predicted octanol–water partition coefficient (Wildman–Crippen LogP) is 2.87. The molecule has 0 unspecified atom stereocenters. The van der Waals surface area contributed by atoms with Crippen molar-refractivity contribution in [2.75, 3.05) is 7.11 Å². The molecule has 0 saturated carbocycles. The number of benzene rings is 2. The van der Waals surface area contributed by atoms with Gasteiger partial charge in [-0.25, -0.2) is 4.98 Å². The molecule has 0 atom stereocenters. The lowest BCUT2D eigenvalue weighted by molar-refractivity contribution is -0.139. The zero-order chi connectivity index (χ0) is 14.7. The molecule has 1 aromatic heterocycles. The van der Waals surface area contributed by atoms with Crippen LogP contribution in [0.15, 0.2) is 48.5 Å². The molecular formula is C17H16N2O2. The Morgan fingerprint density at radius 3 is 2.71 bits per heavy atom. The van der Waals surface area contributed by atoms with Gasteiger partial charge in [-0.3, -0.25) is 4.79 Å². The first-order valence-corrected chi connectivity index (χ1v) is 6.83. The fourth-order valence-corrected chi connectivity index (χ4v) is 2.34. The van der Waals surface area contributed by atoms with Gasteiger partial charge in [0, 0.05) is 0 Å². The Labute approximate surface area is 122 Å². The minimum Gasteiger partial charge on any atom is -0.469 e. The van der Waals surface area contributed by atoms with Crippen LogP contribution in [0.5, 0.6) is 0 Å². The van der Waals surface area contributed by atoms with Gasteiger partial charge in [0.2, 0.25) is 0 Å². The lowest BCUT2D eigenvalue weighted by atomic mass is 10.0. The number of rotatable bonds is 4. The van der Waals surface area contributed by atoms with E-state index in [-0.39, 0.29) is 12.4 Å². The number of fused-ring (bicyclic) bond motifs is 1. The highest BCUT2D eigenvalue weighted by molar-refractivity contribution is 5.78. The number of aromatic amines is 1. The van der Waals surface area contributed by atoms with E-state index in [0.29, 0.717) is 5.82 Å². The molecule has 0 bridgehead atoms. The number of hydrogen-bond acceptors (Lipinski definition) is 3. The number of carbonyl (C=O) groups excluding carboxylic acids is 1. The third-order valence-corrected chi connectivity index (χ3v) is 3.39. The molecule has 0 radical (unpaired) electrons. The second-order valence-electron chi connectivity index (χ2n) is 4.95. The largest absolute Gasteiger partial charge is 0.469 e. The van der Waals surface area contributed by atoms with E-state index in [4.69, 9.17) is 0 Å². The SMILES string of the molecule is COC(=O)Cc1nc2ccc(Cc3ccccc3)cc2[nH]1. The Bertz CT molecular complexity index is 763. The van der Waals surface area contributed by atoms with Crippen LogP contribution in [-0.2, 0) is 22.4 Å². The molecule has 3 aromatic rings. The van der Waals surface area contributed by atoms with Gasteiger partial charge in [0.15, 0.2) is 0 Å². The molecule has 0 aliphatic rings. The number of ether oxygens (including phenoxy) is 1. The predicted molar refractivity (Wildman–Crippen MR) is 81.1 cm³/mol. The average Bonchev–Trinajstić information content (AvgIpc) is 2.89. The average molecular weight is 280 g/mol. The summed E-state index contributed by atoms with van der Waals surface area (Å²) in [4.78, 5) is 18.9. The van der Waals surface area contributed by atoms with Gasteiger partial charge >= 0.3 is 5.97 Å². The van der Waals surface area contributed by atoms with E-state index >= 15 is 0 Å². The number of hydrogen-bond donors (Lipinski definition) is 1. The summed E-state index contributed by atoms with van der Waals surface area (Å²) in [5, 5.41) is 0. The molecule has 1 heterocycles. The maximum absolute atomic E-state index is 11.3. The van der Waals surface area contributed by atoms with Gasteiger partial charge < -0.3 is 9.72 Å². The molecule has 0 aliphatic heterocycles. The third-order valence-electron chi connectivity index (χ3n) is 3.39. The van der Waals surface area contributed by atoms with Crippen LogP contribution in [0.2, 0.25) is 0 Å². The summed E-state index contributed by atoms with van der Waals surface area (Å²) >= 11 is 0. The monoisotopic (exact) mass is 280 g/mol. The number of nitrogens with one attached hydrogen (secondary N) is 1. The second kappa shape index (κ2) is 5.79. The van der Waals surface area contributed by atoms with Crippen molar-refractivity contribution >= 4 is 17.0 Å². The summed E-state index contributed by atoms with van der Waals surface area (Å²) in [6, 6.07) is 16.4. The number of esters is 1. The van der Waals surface area contributed by atoms with Gasteiger partial charge in [0.05, 0.1) is 18.1 Å². The zero-order valence-electron chi connectivity index (χ0n) is 11.8. The summed E-state index contributed by atoms with van der Waals surface area (Å²) in [6.45, 7) is 0. The van der Waals surface area contributed by atoms with Crippen LogP contribution in [0.25, 0.3) is 11.0 Å². The Hall–Kier alpha value is -2.62. The van der Waals surface area contributed by atoms with Gasteiger partial charge in [-0.15, -0.1) is 0 Å². The number of nitrogens with zero attached hydrogens (tertiary/aromatic N) is 1. The fourth-order valence-electron chi connectivity index (χ4n) is 2.34. The van der Waals surface area contributed by atoms with Crippen molar-refractivity contribution in [2.45, 2.75) is 12.8 Å². The Morgan fingerprint density at radius 1 is 1.14 bits per heavy atom. The molecule has 0 saturated heterocycles. The maximum atomic E-state index is 11.3. The Balaban J connectivity index is 1.84. The van der Waals surface area contributed by atoms with Gasteiger partial charge in [-0.05, 0) is 29.7 Å². The van der Waals surface area contributed by atoms with E-state index in [1.54, 1.807) is 0 Å². The molecule has 2 aromatic carbocycles. The van der Waals surface area contributed by atoms with Crippen LogP contribution in [0, 0.1) is 0 Å². The standard InChI is InChI=1S/C17H16N2O2/c1-21-17(20)11-16-18-14-8-7-13(10-15(14)19-16)9-12-5-3-2-4-6-12/h2-8,10H,9,11H2,1H3,(H,18,19). The molecule has 4 heteroatoms. The summed E-state index contributed by atoms with van der Waals surface area (Å²) in [7, 11) is 1.38. The van der Waals surface area contributed by atoms with Gasteiger partial charge in [0.25, 0.3) is 0 Å². The smallest absolute Gasteiger partial charge is 0.313 e. The number of H-pyrrole nitrogens is 1. The summed E-state index contributed by atoms with van der Waals surface area (Å²) < 4.78 is 4.65. The highest BCUT2D eigenvalue weighted by atomic mass is 16.5. The number of aromatic nitrogens is 2. The van der Waals surface area contributed by atoms with Crippen LogP contribution >= 0.6 is 0 Å². The Kier molecular flexibility index (Phi) is 3.69. The summed E-state index contributed by atoms with van der Waals surface area (Å²) in [5.74, 6) is 0.340. The molecule has 3 rings (SSSR count). The highest BCUT2D eigenvalue weighted by Gasteiger charge is 2.08. The van der Waals surface area contributed by atoms with E-state index < -0.39 is 0 Å². The van der Waals surface area contributed by atoms with E-state index in [2.05, 4.69) is 39.0 Å². The first-order valence-electron chi connectivity index (χ1n) is 6.83. The Morgan fingerprint density at radius 2 is 1.95 bits per heavy atom. The lowest BCUT2D eigenvalue weighted by Gasteiger charge is -2.01. The fraction of sp³-hybridized carbons (Fsp3) is 0.176. The van der Waals surface area contributed by atoms with Crippen LogP contribution < -0.4 is 0 Å². The van der Waals surface area contributed by atoms with Gasteiger partial charge in [-0.2, -0.15) is 0 Å². The lowest BCUT2D eigenvalue weighted by Crippen LogP contribution is -2.05. The highest BCUT2D eigenvalue weighted by Crippen LogP contribution is 2.17. The molecule has 21 heavy (non-hydrogen) atoms. The van der Waals surface area contributed by atoms with Crippen LogP contribution in [0.3, 0.4) is 0 Å². The minimum atomic E-state index is -0.293. The molecular weight excluding hydrogens is 264 g/mol. The van der Waals surface area contributed by atoms with Crippen LogP contribution in [0.4, 0.5) is 0 Å². The second-order valence-corrected chi connectivity index (χ2v) is 4.95. The van der Waals surface area contributed by atoms with E-state index in [9.17, 15) is 4.79 Å². The first-order chi connectivity index (χ1) is 10.2. The first kappa shape index (κ1) is 13.4. The molecule has 0 aliphatic carbocycles. The van der Waals surface area contributed by atoms with Gasteiger partial charge in [0.1, 0.15) is 12.2 Å². The van der Waals surface area contributed by atoms with E-state index in [1.807, 2.05) is 24.3 Å². The van der Waals surface area contributed by atoms with E-state index in [0.717, 1.165) is 17.5 Å². The van der Waals surface area contributed by atoms with Crippen molar-refractivity contribution in [3.8, 4) is 0 Å². The minimum absolute atomic E-state index is 0.166. The third kappa shape index (κ3) is 3.11. The van der Waals surface area contributed by atoms with Crippen molar-refractivity contribution in [2.24, 2.45) is 0 Å². The van der Waals surface area contributed by atoms with Crippen LogP contribution in [-0.4, -0.2) is 23.0 Å². The van der Waals surface area contributed by atoms with Crippen molar-refractivity contribution in [3.05, 3.63) is 65.5 Å². The summed E-state index contributed by atoms with van der Waals surface area (Å²) in [6.07, 6.45) is 1.04. The van der Waals surface area contributed by atoms with Crippen molar-refractivity contribution < 1.29 is 9.53 Å². The van der Waals surface area contributed by atoms with Crippen molar-refractivity contribution in [1.82, 2.24) is 9.97 Å². The molecule has 1 N–H and O–H groups in total. The summed E-state index contributed by atoms with van der Waals surface area (Å²) in [5.41, 5.74) is 4.29. The number of imidazole rings is 1. The number of carbonyl (C=O) groups is 1. The molecule has 106 valence electrons. The normalized spacial score (nSPS) is 10.7. The molecule has 0 spiro atoms. The quantitative estimate of drug-likeness (QED) is 0.748. The van der Waals surface area contributed by atoms with Crippen molar-refractivity contribution in [1.29, 1.82) is 0 Å². The maximum Gasteiger partial charge on any atom is 0.313 e. The zero-order valence-corrected chi connectivity index (χ0v) is 11.8. The topological polar surface area (TPSA) is 55.0 Å². The van der Waals surface area contributed by atoms with E-state index in [1.165, 1.54) is 18.2 Å². The molecule has 0 fully saturated rings. The van der Waals surface area contributed by atoms with Crippen LogP contribution in [0.1, 0.15) is 17.0 Å². The van der Waals surface area contributed by atoms with Crippen molar-refractivity contribution in [3.63, 3.8) is 0 Å². The van der Waals surface area contributed by atoms with Gasteiger partial charge in [-0.1, -0.05) is 36.4 Å². The molecule has 4 nitrogen and oxygen atoms in total. The number of methoxy groups -OCH3 is 1.